The first-order chi connectivity index (χ1) is 10.5. The molecule has 0 radical (unpaired) electrons. The molecule has 0 saturated heterocycles. The van der Waals surface area contributed by atoms with E-state index in [9.17, 15) is 9.90 Å². The smallest absolute Gasteiger partial charge is 0.352 e. The van der Waals surface area contributed by atoms with Crippen LogP contribution in [0.15, 0.2) is 34.7 Å². The fourth-order valence-corrected chi connectivity index (χ4v) is 4.81. The first-order valence-electron chi connectivity index (χ1n) is 6.25. The standard InChI is InChI=1S/C14H9Cl2IN2O2S/c15-7-1-2-11(8(16)5-7)19-12(6-10(18-19)14(20)21)13-9(17)3-4-22-13/h1-5,12H,6H2,(H,20,21). The van der Waals surface area contributed by atoms with Crippen molar-refractivity contribution in [3.8, 4) is 0 Å². The molecule has 1 N–H and O–H groups in total. The van der Waals surface area contributed by atoms with Crippen LogP contribution < -0.4 is 5.01 Å². The van der Waals surface area contributed by atoms with Crippen molar-refractivity contribution in [3.63, 3.8) is 0 Å². The highest BCUT2D eigenvalue weighted by molar-refractivity contribution is 14.1. The average molecular weight is 467 g/mol. The Labute approximate surface area is 154 Å². The molecule has 3 rings (SSSR count). The van der Waals surface area contributed by atoms with Gasteiger partial charge >= 0.3 is 5.97 Å². The van der Waals surface area contributed by atoms with E-state index in [1.807, 2.05) is 11.4 Å². The number of hydrogen-bond acceptors (Lipinski definition) is 4. The molecule has 1 aliphatic heterocycles. The van der Waals surface area contributed by atoms with Gasteiger partial charge in [0.1, 0.15) is 5.71 Å². The molecule has 1 aromatic carbocycles. The summed E-state index contributed by atoms with van der Waals surface area (Å²) in [7, 11) is 0. The van der Waals surface area contributed by atoms with Gasteiger partial charge in [0.05, 0.1) is 16.8 Å². The highest BCUT2D eigenvalue weighted by atomic mass is 127. The minimum Gasteiger partial charge on any atom is -0.477 e. The Morgan fingerprint density at radius 2 is 2.18 bits per heavy atom. The molecule has 0 amide bonds. The maximum atomic E-state index is 11.3. The van der Waals surface area contributed by atoms with E-state index in [0.29, 0.717) is 22.2 Å². The fourth-order valence-electron chi connectivity index (χ4n) is 2.28. The van der Waals surface area contributed by atoms with Crippen molar-refractivity contribution < 1.29 is 9.90 Å². The second kappa shape index (κ2) is 6.35. The lowest BCUT2D eigenvalue weighted by Gasteiger charge is -2.24. The molecule has 0 fully saturated rings. The number of thiophene rings is 1. The number of carboxylic acid groups (broad SMARTS) is 1. The summed E-state index contributed by atoms with van der Waals surface area (Å²) >= 11 is 16.0. The maximum Gasteiger partial charge on any atom is 0.352 e. The summed E-state index contributed by atoms with van der Waals surface area (Å²) in [6, 6.07) is 6.93. The van der Waals surface area contributed by atoms with Gasteiger partial charge in [-0.2, -0.15) is 5.10 Å². The van der Waals surface area contributed by atoms with Crippen LogP contribution in [0.5, 0.6) is 0 Å². The van der Waals surface area contributed by atoms with E-state index in [1.54, 1.807) is 34.5 Å². The number of nitrogens with zero attached hydrogens (tertiary/aromatic N) is 2. The van der Waals surface area contributed by atoms with E-state index in [1.165, 1.54) is 0 Å². The molecule has 0 bridgehead atoms. The molecule has 2 heterocycles. The van der Waals surface area contributed by atoms with E-state index in [-0.39, 0.29) is 11.8 Å². The number of hydrazone groups is 1. The van der Waals surface area contributed by atoms with Crippen LogP contribution in [0, 0.1) is 3.57 Å². The Hall–Kier alpha value is -0.830. The lowest BCUT2D eigenvalue weighted by atomic mass is 10.1. The first-order valence-corrected chi connectivity index (χ1v) is 8.96. The number of carboxylic acids is 1. The number of aliphatic carboxylic acids is 1. The summed E-state index contributed by atoms with van der Waals surface area (Å²) in [4.78, 5) is 12.4. The van der Waals surface area contributed by atoms with Gasteiger partial charge in [0.25, 0.3) is 0 Å². The molecule has 114 valence electrons. The van der Waals surface area contributed by atoms with Gasteiger partial charge in [0.15, 0.2) is 0 Å². The number of carbonyl (C=O) groups is 1. The lowest BCUT2D eigenvalue weighted by Crippen LogP contribution is -2.18. The van der Waals surface area contributed by atoms with Gasteiger partial charge in [-0.3, -0.25) is 5.01 Å². The predicted octanol–water partition coefficient (Wildman–Crippen LogP) is 5.05. The number of rotatable bonds is 3. The molecular formula is C14H9Cl2IN2O2S. The predicted molar refractivity (Wildman–Crippen MR) is 98.4 cm³/mol. The number of halogens is 3. The molecule has 1 unspecified atom stereocenters. The molecule has 8 heteroatoms. The Morgan fingerprint density at radius 3 is 2.77 bits per heavy atom. The van der Waals surface area contributed by atoms with Crippen LogP contribution in [0.25, 0.3) is 0 Å². The van der Waals surface area contributed by atoms with Crippen LogP contribution in [-0.2, 0) is 4.79 Å². The van der Waals surface area contributed by atoms with E-state index < -0.39 is 5.97 Å². The van der Waals surface area contributed by atoms with Crippen molar-refractivity contribution in [3.05, 3.63) is 48.1 Å². The largest absolute Gasteiger partial charge is 0.477 e. The van der Waals surface area contributed by atoms with Gasteiger partial charge in [-0.1, -0.05) is 23.2 Å². The van der Waals surface area contributed by atoms with Crippen LogP contribution in [-0.4, -0.2) is 16.8 Å². The zero-order chi connectivity index (χ0) is 15.9. The van der Waals surface area contributed by atoms with Gasteiger partial charge in [-0.05, 0) is 52.2 Å². The van der Waals surface area contributed by atoms with Crippen molar-refractivity contribution in [2.24, 2.45) is 5.10 Å². The minimum atomic E-state index is -1.01. The van der Waals surface area contributed by atoms with E-state index in [2.05, 4.69) is 27.7 Å². The summed E-state index contributed by atoms with van der Waals surface area (Å²) in [5.74, 6) is -1.01. The summed E-state index contributed by atoms with van der Waals surface area (Å²) in [5, 5.41) is 18.1. The van der Waals surface area contributed by atoms with Crippen LogP contribution in [0.1, 0.15) is 17.3 Å². The second-order valence-corrected chi connectivity index (χ2v) is 7.60. The Bertz CT molecular complexity index is 778. The molecule has 0 aliphatic carbocycles. The number of hydrogen-bond donors (Lipinski definition) is 1. The molecule has 0 spiro atoms. The summed E-state index contributed by atoms with van der Waals surface area (Å²) in [5.41, 5.74) is 0.775. The SMILES string of the molecule is O=C(O)C1=NN(c2ccc(Cl)cc2Cl)C(c2sccc2I)C1. The third-order valence-corrected chi connectivity index (χ3v) is 6.12. The molecule has 1 atom stereocenters. The summed E-state index contributed by atoms with van der Waals surface area (Å²) < 4.78 is 1.09. The van der Waals surface area contributed by atoms with Gasteiger partial charge in [-0.25, -0.2) is 4.79 Å². The highest BCUT2D eigenvalue weighted by Crippen LogP contribution is 2.42. The number of anilines is 1. The van der Waals surface area contributed by atoms with Crippen LogP contribution >= 0.6 is 57.1 Å². The molecular weight excluding hydrogens is 458 g/mol. The van der Waals surface area contributed by atoms with Gasteiger partial charge in [-0.15, -0.1) is 11.3 Å². The molecule has 1 aliphatic rings. The lowest BCUT2D eigenvalue weighted by molar-refractivity contribution is -0.129. The zero-order valence-corrected chi connectivity index (χ0v) is 15.4. The summed E-state index contributed by atoms with van der Waals surface area (Å²) in [6.07, 6.45) is 0.338. The normalized spacial score (nSPS) is 17.7. The Morgan fingerprint density at radius 1 is 1.41 bits per heavy atom. The monoisotopic (exact) mass is 466 g/mol. The fraction of sp³-hybridized carbons (Fsp3) is 0.143. The quantitative estimate of drug-likeness (QED) is 0.644. The second-order valence-electron chi connectivity index (χ2n) is 4.64. The molecule has 2 aromatic rings. The molecule has 0 saturated carbocycles. The Kier molecular flexibility index (Phi) is 4.63. The molecule has 22 heavy (non-hydrogen) atoms. The van der Waals surface area contributed by atoms with Crippen molar-refractivity contribution >= 4 is 74.5 Å². The third kappa shape index (κ3) is 2.97. The van der Waals surface area contributed by atoms with E-state index in [0.717, 1.165) is 8.45 Å². The van der Waals surface area contributed by atoms with Gasteiger partial charge in [0.2, 0.25) is 0 Å². The molecule has 1 aromatic heterocycles. The van der Waals surface area contributed by atoms with Crippen molar-refractivity contribution in [1.29, 1.82) is 0 Å². The third-order valence-electron chi connectivity index (χ3n) is 3.26. The van der Waals surface area contributed by atoms with Crippen LogP contribution in [0.2, 0.25) is 10.0 Å². The first kappa shape index (κ1) is 16.0. The van der Waals surface area contributed by atoms with Gasteiger partial charge < -0.3 is 5.11 Å². The zero-order valence-electron chi connectivity index (χ0n) is 11.0. The highest BCUT2D eigenvalue weighted by Gasteiger charge is 2.35. The average Bonchev–Trinajstić information content (AvgIpc) is 3.04. The van der Waals surface area contributed by atoms with Crippen LogP contribution in [0.3, 0.4) is 0 Å². The van der Waals surface area contributed by atoms with Crippen molar-refractivity contribution in [2.45, 2.75) is 12.5 Å². The van der Waals surface area contributed by atoms with Gasteiger partial charge in [0, 0.05) is 19.9 Å². The van der Waals surface area contributed by atoms with Crippen LogP contribution in [0.4, 0.5) is 5.69 Å². The van der Waals surface area contributed by atoms with Crippen molar-refractivity contribution in [2.75, 3.05) is 5.01 Å². The van der Waals surface area contributed by atoms with E-state index in [4.69, 9.17) is 23.2 Å². The molecule has 4 nitrogen and oxygen atoms in total. The Balaban J connectivity index is 2.07. The minimum absolute atomic E-state index is 0.125. The number of benzene rings is 1. The van der Waals surface area contributed by atoms with Crippen molar-refractivity contribution in [1.82, 2.24) is 0 Å². The summed E-state index contributed by atoms with van der Waals surface area (Å²) in [6.45, 7) is 0. The van der Waals surface area contributed by atoms with E-state index >= 15 is 0 Å². The maximum absolute atomic E-state index is 11.3. The topological polar surface area (TPSA) is 52.9 Å².